The van der Waals surface area contributed by atoms with Gasteiger partial charge in [-0.3, -0.25) is 4.79 Å². The summed E-state index contributed by atoms with van der Waals surface area (Å²) in [6.07, 6.45) is 3.05. The van der Waals surface area contributed by atoms with Crippen molar-refractivity contribution in [3.05, 3.63) is 21.6 Å². The molecule has 1 aliphatic rings. The van der Waals surface area contributed by atoms with Gasteiger partial charge >= 0.3 is 0 Å². The molecule has 1 aromatic carbocycles. The number of nitrogens with one attached hydrogen (secondary N) is 2. The predicted octanol–water partition coefficient (Wildman–Crippen LogP) is 3.19. The van der Waals surface area contributed by atoms with Gasteiger partial charge in [0.05, 0.1) is 23.3 Å². The van der Waals surface area contributed by atoms with Crippen molar-refractivity contribution in [2.45, 2.75) is 25.3 Å². The Labute approximate surface area is 126 Å². The Hall–Kier alpha value is -0.780. The second-order valence-corrected chi connectivity index (χ2v) is 5.75. The minimum atomic E-state index is -0.142. The highest BCUT2D eigenvalue weighted by Crippen LogP contribution is 2.36. The summed E-state index contributed by atoms with van der Waals surface area (Å²) in [5.41, 5.74) is 0.583. The molecule has 0 saturated carbocycles. The van der Waals surface area contributed by atoms with Gasteiger partial charge in [0.25, 0.3) is 0 Å². The van der Waals surface area contributed by atoms with E-state index in [0.717, 1.165) is 30.3 Å². The number of piperidine rings is 1. The minimum Gasteiger partial charge on any atom is -0.493 e. The molecule has 6 heteroatoms. The average molecular weight is 348 g/mol. The smallest absolute Gasteiger partial charge is 0.241 e. The number of ether oxygens (including phenoxy) is 1. The lowest BCUT2D eigenvalue weighted by Crippen LogP contribution is -2.43. The summed E-state index contributed by atoms with van der Waals surface area (Å²) in [6, 6.07) is 3.28. The molecule has 1 aliphatic heterocycles. The number of hydrogen-bond acceptors (Lipinski definition) is 3. The molecule has 1 atom stereocenters. The van der Waals surface area contributed by atoms with E-state index in [0.29, 0.717) is 16.5 Å². The Balaban J connectivity index is 2.15. The fourth-order valence-electron chi connectivity index (χ4n) is 2.16. The third kappa shape index (κ3) is 3.61. The maximum Gasteiger partial charge on any atom is 0.241 e. The van der Waals surface area contributed by atoms with Crippen molar-refractivity contribution in [1.29, 1.82) is 0 Å². The van der Waals surface area contributed by atoms with E-state index in [1.807, 2.05) is 0 Å². The molecule has 0 radical (unpaired) electrons. The zero-order valence-electron chi connectivity index (χ0n) is 10.6. The lowest BCUT2D eigenvalue weighted by molar-refractivity contribution is -0.118. The number of hydrogen-bond donors (Lipinski definition) is 2. The molecule has 1 fully saturated rings. The Bertz CT molecular complexity index is 476. The number of carbonyl (C=O) groups is 1. The van der Waals surface area contributed by atoms with E-state index in [4.69, 9.17) is 16.3 Å². The van der Waals surface area contributed by atoms with Crippen molar-refractivity contribution in [3.63, 3.8) is 0 Å². The first-order chi connectivity index (χ1) is 9.11. The number of methoxy groups -OCH3 is 1. The molecule has 4 nitrogen and oxygen atoms in total. The first-order valence-corrected chi connectivity index (χ1v) is 7.36. The fraction of sp³-hybridized carbons (Fsp3) is 0.462. The molecule has 0 aromatic heterocycles. The van der Waals surface area contributed by atoms with Crippen LogP contribution in [-0.2, 0) is 4.79 Å². The lowest BCUT2D eigenvalue weighted by atomic mass is 10.0. The van der Waals surface area contributed by atoms with E-state index in [9.17, 15) is 4.79 Å². The van der Waals surface area contributed by atoms with Crippen LogP contribution in [0.2, 0.25) is 5.02 Å². The molecule has 1 saturated heterocycles. The second-order valence-electron chi connectivity index (χ2n) is 4.46. The van der Waals surface area contributed by atoms with E-state index in [2.05, 4.69) is 26.6 Å². The molecule has 0 spiro atoms. The van der Waals surface area contributed by atoms with Crippen LogP contribution in [0.25, 0.3) is 0 Å². The van der Waals surface area contributed by atoms with Gasteiger partial charge in [-0.15, -0.1) is 0 Å². The predicted molar refractivity (Wildman–Crippen MR) is 80.0 cm³/mol. The van der Waals surface area contributed by atoms with Gasteiger partial charge in [-0.2, -0.15) is 0 Å². The highest BCUT2D eigenvalue weighted by atomic mass is 79.9. The molecule has 104 valence electrons. The van der Waals surface area contributed by atoms with Gasteiger partial charge in [-0.1, -0.05) is 18.0 Å². The van der Waals surface area contributed by atoms with E-state index >= 15 is 0 Å². The van der Waals surface area contributed by atoms with Crippen molar-refractivity contribution >= 4 is 39.1 Å². The Morgan fingerprint density at radius 2 is 2.32 bits per heavy atom. The van der Waals surface area contributed by atoms with Crippen LogP contribution in [0.1, 0.15) is 19.3 Å². The summed E-state index contributed by atoms with van der Waals surface area (Å²) < 4.78 is 6.00. The summed E-state index contributed by atoms with van der Waals surface area (Å²) in [5, 5.41) is 6.62. The molecule has 19 heavy (non-hydrogen) atoms. The van der Waals surface area contributed by atoms with Gasteiger partial charge in [-0.25, -0.2) is 0 Å². The topological polar surface area (TPSA) is 50.4 Å². The molecule has 1 aromatic rings. The van der Waals surface area contributed by atoms with Crippen molar-refractivity contribution in [2.24, 2.45) is 0 Å². The van der Waals surface area contributed by atoms with E-state index in [1.165, 1.54) is 0 Å². The largest absolute Gasteiger partial charge is 0.493 e. The van der Waals surface area contributed by atoms with Crippen LogP contribution in [-0.4, -0.2) is 25.6 Å². The molecule has 2 N–H and O–H groups in total. The Morgan fingerprint density at radius 3 is 2.95 bits per heavy atom. The molecule has 0 bridgehead atoms. The van der Waals surface area contributed by atoms with Crippen molar-refractivity contribution in [2.75, 3.05) is 19.0 Å². The van der Waals surface area contributed by atoms with Crippen molar-refractivity contribution < 1.29 is 9.53 Å². The Morgan fingerprint density at radius 1 is 1.53 bits per heavy atom. The number of benzene rings is 1. The first-order valence-electron chi connectivity index (χ1n) is 6.19. The van der Waals surface area contributed by atoms with Gasteiger partial charge in [0, 0.05) is 5.02 Å². The number of carbonyl (C=O) groups excluding carboxylic acids is 1. The van der Waals surface area contributed by atoms with E-state index in [1.54, 1.807) is 19.2 Å². The molecular formula is C13H16BrClN2O2. The summed E-state index contributed by atoms with van der Waals surface area (Å²) in [5.74, 6) is 0.528. The molecule has 1 amide bonds. The Kier molecular flexibility index (Phi) is 5.07. The third-order valence-electron chi connectivity index (χ3n) is 3.10. The van der Waals surface area contributed by atoms with Crippen LogP contribution in [0.3, 0.4) is 0 Å². The van der Waals surface area contributed by atoms with Crippen LogP contribution in [0.4, 0.5) is 5.69 Å². The number of rotatable bonds is 3. The minimum absolute atomic E-state index is 0.0489. The highest BCUT2D eigenvalue weighted by Gasteiger charge is 2.22. The fourth-order valence-corrected chi connectivity index (χ4v) is 3.13. The number of anilines is 1. The lowest BCUT2D eigenvalue weighted by Gasteiger charge is -2.23. The van der Waals surface area contributed by atoms with Crippen LogP contribution >= 0.6 is 27.5 Å². The molecule has 2 rings (SSSR count). The van der Waals surface area contributed by atoms with Gasteiger partial charge in [0.15, 0.2) is 5.75 Å². The van der Waals surface area contributed by atoms with Gasteiger partial charge in [0.1, 0.15) is 0 Å². The van der Waals surface area contributed by atoms with Gasteiger partial charge < -0.3 is 15.4 Å². The SMILES string of the molecule is COc1c(Br)cc(Cl)cc1NC(=O)[C@@H]1CCCCN1. The van der Waals surface area contributed by atoms with Gasteiger partial charge in [0.2, 0.25) is 5.91 Å². The zero-order valence-corrected chi connectivity index (χ0v) is 13.0. The summed E-state index contributed by atoms with van der Waals surface area (Å²) in [7, 11) is 1.56. The average Bonchev–Trinajstić information content (AvgIpc) is 2.39. The number of amides is 1. The molecular weight excluding hydrogens is 332 g/mol. The highest BCUT2D eigenvalue weighted by molar-refractivity contribution is 9.10. The van der Waals surface area contributed by atoms with Gasteiger partial charge in [-0.05, 0) is 47.4 Å². The maximum absolute atomic E-state index is 12.2. The summed E-state index contributed by atoms with van der Waals surface area (Å²) in [6.45, 7) is 0.883. The summed E-state index contributed by atoms with van der Waals surface area (Å²) in [4.78, 5) is 12.2. The van der Waals surface area contributed by atoms with Crippen LogP contribution < -0.4 is 15.4 Å². The van der Waals surface area contributed by atoms with Crippen molar-refractivity contribution in [1.82, 2.24) is 5.32 Å². The quantitative estimate of drug-likeness (QED) is 0.883. The zero-order chi connectivity index (χ0) is 13.8. The molecule has 1 heterocycles. The van der Waals surface area contributed by atoms with Crippen LogP contribution in [0.15, 0.2) is 16.6 Å². The second kappa shape index (κ2) is 6.59. The third-order valence-corrected chi connectivity index (χ3v) is 3.90. The van der Waals surface area contributed by atoms with Crippen LogP contribution in [0, 0.1) is 0 Å². The van der Waals surface area contributed by atoms with Crippen molar-refractivity contribution in [3.8, 4) is 5.75 Å². The summed E-state index contributed by atoms with van der Waals surface area (Å²) >= 11 is 9.36. The first kappa shape index (κ1) is 14.6. The van der Waals surface area contributed by atoms with E-state index < -0.39 is 0 Å². The molecule has 0 aliphatic carbocycles. The standard InChI is InChI=1S/C13H16BrClN2O2/c1-19-12-9(14)6-8(15)7-11(12)17-13(18)10-4-2-3-5-16-10/h6-7,10,16H,2-5H2,1H3,(H,17,18)/t10-/m0/s1. The maximum atomic E-state index is 12.2. The number of halogens is 2. The molecule has 0 unspecified atom stereocenters. The van der Waals surface area contributed by atoms with Crippen LogP contribution in [0.5, 0.6) is 5.75 Å². The monoisotopic (exact) mass is 346 g/mol. The normalized spacial score (nSPS) is 19.0. The van der Waals surface area contributed by atoms with E-state index in [-0.39, 0.29) is 11.9 Å².